The van der Waals surface area contributed by atoms with Crippen LogP contribution in [0.3, 0.4) is 0 Å². The van der Waals surface area contributed by atoms with Gasteiger partial charge in [0.15, 0.2) is 0 Å². The molecule has 2 N–H and O–H groups in total. The van der Waals surface area contributed by atoms with Crippen molar-refractivity contribution in [1.82, 2.24) is 10.3 Å². The number of hydrogen-bond acceptors (Lipinski definition) is 4. The first-order valence-electron chi connectivity index (χ1n) is 6.58. The van der Waals surface area contributed by atoms with Crippen molar-refractivity contribution in [3.63, 3.8) is 0 Å². The molecule has 1 aromatic heterocycles. The Bertz CT molecular complexity index is 489. The molecule has 0 saturated heterocycles. The zero-order chi connectivity index (χ0) is 15.0. The summed E-state index contributed by atoms with van der Waals surface area (Å²) < 4.78 is 28.2. The maximum absolute atomic E-state index is 14.1. The predicted octanol–water partition coefficient (Wildman–Crippen LogP) is 2.43. The fourth-order valence-corrected chi connectivity index (χ4v) is 2.98. The van der Waals surface area contributed by atoms with Crippen molar-refractivity contribution in [2.24, 2.45) is 0 Å². The van der Waals surface area contributed by atoms with Crippen LogP contribution in [-0.2, 0) is 10.3 Å². The number of rotatable bonds is 5. The highest BCUT2D eigenvalue weighted by atomic mass is 32.1. The smallest absolute Gasteiger partial charge is 0.352 e. The monoisotopic (exact) mass is 304 g/mol. The van der Waals surface area contributed by atoms with Gasteiger partial charge in [-0.2, -0.15) is 8.78 Å². The number of aliphatic hydroxyl groups is 1. The van der Waals surface area contributed by atoms with Crippen LogP contribution in [0.2, 0.25) is 0 Å². The number of alkyl halides is 2. The van der Waals surface area contributed by atoms with Crippen molar-refractivity contribution >= 4 is 17.2 Å². The molecular formula is C13H18F2N2O2S. The van der Waals surface area contributed by atoms with E-state index in [4.69, 9.17) is 0 Å². The number of aromatic nitrogens is 1. The average molecular weight is 304 g/mol. The van der Waals surface area contributed by atoms with E-state index < -0.39 is 23.0 Å². The summed E-state index contributed by atoms with van der Waals surface area (Å²) in [6.07, 6.45) is 2.41. The highest BCUT2D eigenvalue weighted by Gasteiger charge is 2.61. The van der Waals surface area contributed by atoms with Gasteiger partial charge < -0.3 is 10.4 Å². The first kappa shape index (κ1) is 15.3. The average Bonchev–Trinajstić information content (AvgIpc) is 2.89. The Morgan fingerprint density at radius 1 is 1.60 bits per heavy atom. The second-order valence-corrected chi connectivity index (χ2v) is 6.33. The molecule has 2 rings (SSSR count). The highest BCUT2D eigenvalue weighted by molar-refractivity contribution is 7.09. The van der Waals surface area contributed by atoms with E-state index in [2.05, 4.69) is 10.3 Å². The van der Waals surface area contributed by atoms with Crippen LogP contribution < -0.4 is 5.32 Å². The molecule has 7 heteroatoms. The lowest BCUT2D eigenvalue weighted by atomic mass is 9.75. The molecule has 1 aliphatic rings. The van der Waals surface area contributed by atoms with Crippen molar-refractivity contribution in [2.75, 3.05) is 0 Å². The van der Waals surface area contributed by atoms with Gasteiger partial charge in [0.25, 0.3) is 5.91 Å². The molecule has 0 aliphatic heterocycles. The molecule has 4 nitrogen and oxygen atoms in total. The molecule has 1 aromatic rings. The van der Waals surface area contributed by atoms with Gasteiger partial charge in [0.2, 0.25) is 0 Å². The van der Waals surface area contributed by atoms with Crippen LogP contribution in [0.4, 0.5) is 8.78 Å². The van der Waals surface area contributed by atoms with E-state index in [1.165, 1.54) is 11.3 Å². The lowest BCUT2D eigenvalue weighted by Gasteiger charge is -2.42. The number of carbonyl (C=O) groups is 1. The lowest BCUT2D eigenvalue weighted by Crippen LogP contribution is -2.63. The second kappa shape index (κ2) is 5.04. The summed E-state index contributed by atoms with van der Waals surface area (Å²) in [5.41, 5.74) is -3.15. The Morgan fingerprint density at radius 3 is 2.65 bits per heavy atom. The van der Waals surface area contributed by atoms with Gasteiger partial charge in [-0.15, -0.1) is 11.3 Å². The summed E-state index contributed by atoms with van der Waals surface area (Å²) in [4.78, 5) is 16.0. The number of carbonyl (C=O) groups excluding carboxylic acids is 1. The molecule has 1 fully saturated rings. The van der Waals surface area contributed by atoms with Crippen molar-refractivity contribution < 1.29 is 18.7 Å². The first-order chi connectivity index (χ1) is 9.25. The normalized spacial score (nSPS) is 20.9. The summed E-state index contributed by atoms with van der Waals surface area (Å²) >= 11 is 1.30. The van der Waals surface area contributed by atoms with Crippen molar-refractivity contribution in [3.8, 4) is 0 Å². The molecule has 0 spiro atoms. The Labute approximate surface area is 120 Å². The third-order valence-corrected chi connectivity index (χ3v) is 5.09. The van der Waals surface area contributed by atoms with Crippen molar-refractivity contribution in [3.05, 3.63) is 16.6 Å². The van der Waals surface area contributed by atoms with Crippen molar-refractivity contribution in [1.29, 1.82) is 0 Å². The van der Waals surface area contributed by atoms with Gasteiger partial charge in [0.05, 0.1) is 5.54 Å². The topological polar surface area (TPSA) is 62.2 Å². The zero-order valence-electron chi connectivity index (χ0n) is 11.4. The third kappa shape index (κ3) is 2.33. The fourth-order valence-electron chi connectivity index (χ4n) is 2.16. The number of halogens is 2. The minimum Gasteiger partial charge on any atom is -0.383 e. The second-order valence-electron chi connectivity index (χ2n) is 5.44. The molecule has 1 aliphatic carbocycles. The molecule has 112 valence electrons. The molecule has 1 unspecified atom stereocenters. The maximum Gasteiger partial charge on any atom is 0.352 e. The first-order valence-corrected chi connectivity index (χ1v) is 7.46. The van der Waals surface area contributed by atoms with Crippen LogP contribution in [0.5, 0.6) is 0 Å². The van der Waals surface area contributed by atoms with Gasteiger partial charge in [-0.1, -0.05) is 6.92 Å². The summed E-state index contributed by atoms with van der Waals surface area (Å²) in [6.45, 7) is 3.45. The van der Waals surface area contributed by atoms with Crippen molar-refractivity contribution in [2.45, 2.75) is 56.6 Å². The van der Waals surface area contributed by atoms with Crippen LogP contribution in [0.1, 0.15) is 44.5 Å². The number of hydrogen-bond donors (Lipinski definition) is 2. The summed E-state index contributed by atoms with van der Waals surface area (Å²) in [5, 5.41) is 14.4. The summed E-state index contributed by atoms with van der Waals surface area (Å²) in [7, 11) is 0. The van der Waals surface area contributed by atoms with Crippen LogP contribution in [0, 0.1) is 0 Å². The number of thiazole rings is 1. The van der Waals surface area contributed by atoms with Crippen LogP contribution in [0.15, 0.2) is 11.6 Å². The number of amides is 1. The SMILES string of the molecule is CCC(C)(NC(=O)C(F)(F)C1(O)CCC1)c1nccs1. The lowest BCUT2D eigenvalue weighted by molar-refractivity contribution is -0.217. The van der Waals surface area contributed by atoms with E-state index >= 15 is 0 Å². The van der Waals surface area contributed by atoms with E-state index in [9.17, 15) is 18.7 Å². The predicted molar refractivity (Wildman–Crippen MR) is 71.6 cm³/mol. The van der Waals surface area contributed by atoms with Gasteiger partial charge >= 0.3 is 5.92 Å². The Hall–Kier alpha value is -1.08. The van der Waals surface area contributed by atoms with E-state index in [0.29, 0.717) is 17.8 Å². The summed E-state index contributed by atoms with van der Waals surface area (Å²) in [5.74, 6) is -5.21. The minimum absolute atomic E-state index is 0.0481. The van der Waals surface area contributed by atoms with Crippen LogP contribution in [-0.4, -0.2) is 27.5 Å². The Morgan fingerprint density at radius 2 is 2.25 bits per heavy atom. The fraction of sp³-hybridized carbons (Fsp3) is 0.692. The quantitative estimate of drug-likeness (QED) is 0.878. The van der Waals surface area contributed by atoms with Gasteiger partial charge in [-0.05, 0) is 32.6 Å². The zero-order valence-corrected chi connectivity index (χ0v) is 12.3. The van der Waals surface area contributed by atoms with Gasteiger partial charge in [0, 0.05) is 11.6 Å². The molecule has 1 atom stereocenters. The molecule has 0 bridgehead atoms. The summed E-state index contributed by atoms with van der Waals surface area (Å²) in [6, 6.07) is 0. The standard InChI is InChI=1S/C13H18F2N2O2S/c1-3-11(2,10-16-7-8-20-10)17-9(18)13(14,15)12(19)5-4-6-12/h7-8,19H,3-6H2,1-2H3,(H,17,18). The van der Waals surface area contributed by atoms with Gasteiger partial charge in [-0.3, -0.25) is 4.79 Å². The van der Waals surface area contributed by atoms with Crippen LogP contribution in [0.25, 0.3) is 0 Å². The molecular weight excluding hydrogens is 286 g/mol. The van der Waals surface area contributed by atoms with E-state index in [1.54, 1.807) is 25.4 Å². The molecule has 20 heavy (non-hydrogen) atoms. The molecule has 1 saturated carbocycles. The van der Waals surface area contributed by atoms with Crippen LogP contribution >= 0.6 is 11.3 Å². The molecule has 0 radical (unpaired) electrons. The molecule has 1 amide bonds. The van der Waals surface area contributed by atoms with Gasteiger partial charge in [0.1, 0.15) is 10.6 Å². The third-order valence-electron chi connectivity index (χ3n) is 4.05. The van der Waals surface area contributed by atoms with E-state index in [0.717, 1.165) is 0 Å². The Kier molecular flexibility index (Phi) is 3.85. The van der Waals surface area contributed by atoms with E-state index in [-0.39, 0.29) is 12.8 Å². The van der Waals surface area contributed by atoms with E-state index in [1.807, 2.05) is 0 Å². The highest BCUT2D eigenvalue weighted by Crippen LogP contribution is 2.44. The number of nitrogens with zero attached hydrogens (tertiary/aromatic N) is 1. The molecule has 1 heterocycles. The minimum atomic E-state index is -3.78. The maximum atomic E-state index is 14.1. The largest absolute Gasteiger partial charge is 0.383 e. The Balaban J connectivity index is 2.18. The number of nitrogens with one attached hydrogen (secondary N) is 1. The van der Waals surface area contributed by atoms with Gasteiger partial charge in [-0.25, -0.2) is 4.98 Å². The molecule has 0 aromatic carbocycles.